The monoisotopic (exact) mass is 307 g/mol. The van der Waals surface area contributed by atoms with E-state index in [1.165, 1.54) is 16.8 Å². The lowest BCUT2D eigenvalue weighted by atomic mass is 9.80. The molecule has 2 aliphatic heterocycles. The topological polar surface area (TPSA) is 45.2 Å². The molecule has 0 spiro atoms. The van der Waals surface area contributed by atoms with Crippen molar-refractivity contribution < 1.29 is 4.79 Å². The van der Waals surface area contributed by atoms with Crippen LogP contribution in [0.3, 0.4) is 0 Å². The summed E-state index contributed by atoms with van der Waals surface area (Å²) in [6, 6.07) is 10.2. The van der Waals surface area contributed by atoms with Crippen molar-refractivity contribution in [1.29, 1.82) is 0 Å². The van der Waals surface area contributed by atoms with E-state index in [9.17, 15) is 4.79 Å². The zero-order valence-corrected chi connectivity index (χ0v) is 13.3. The summed E-state index contributed by atoms with van der Waals surface area (Å²) >= 11 is 0. The van der Waals surface area contributed by atoms with Gasteiger partial charge in [-0.15, -0.1) is 0 Å². The SMILES string of the molecule is Cc1cnccc1N1CCC(C2C(=O)Nc3ccccc32)CC1. The zero-order chi connectivity index (χ0) is 15.8. The fourth-order valence-electron chi connectivity index (χ4n) is 4.00. The summed E-state index contributed by atoms with van der Waals surface area (Å²) in [5.74, 6) is 0.619. The number of piperidine rings is 1. The molecule has 3 heterocycles. The Bertz CT molecular complexity index is 735. The second kappa shape index (κ2) is 5.69. The summed E-state index contributed by atoms with van der Waals surface area (Å²) in [6.07, 6.45) is 5.87. The number of nitrogens with zero attached hydrogens (tertiary/aromatic N) is 2. The smallest absolute Gasteiger partial charge is 0.232 e. The highest BCUT2D eigenvalue weighted by Crippen LogP contribution is 2.41. The molecule has 0 radical (unpaired) electrons. The Morgan fingerprint density at radius 1 is 1.17 bits per heavy atom. The van der Waals surface area contributed by atoms with Crippen LogP contribution in [-0.4, -0.2) is 24.0 Å². The first kappa shape index (κ1) is 14.2. The molecule has 1 aromatic carbocycles. The van der Waals surface area contributed by atoms with Gasteiger partial charge in [-0.2, -0.15) is 0 Å². The van der Waals surface area contributed by atoms with E-state index in [0.29, 0.717) is 5.92 Å². The van der Waals surface area contributed by atoms with Gasteiger partial charge in [0.25, 0.3) is 0 Å². The van der Waals surface area contributed by atoms with E-state index >= 15 is 0 Å². The molecule has 1 fully saturated rings. The molecule has 0 saturated carbocycles. The lowest BCUT2D eigenvalue weighted by Crippen LogP contribution is -2.37. The standard InChI is InChI=1S/C19H21N3O/c1-13-12-20-9-6-17(13)22-10-7-14(8-11-22)18-15-4-2-3-5-16(15)21-19(18)23/h2-6,9,12,14,18H,7-8,10-11H2,1H3,(H,21,23). The number of fused-ring (bicyclic) bond motifs is 1. The third-order valence-electron chi connectivity index (χ3n) is 5.18. The number of para-hydroxylation sites is 1. The van der Waals surface area contributed by atoms with Crippen molar-refractivity contribution in [3.8, 4) is 0 Å². The first-order valence-corrected chi connectivity index (χ1v) is 8.29. The number of benzene rings is 1. The first-order valence-electron chi connectivity index (χ1n) is 8.29. The van der Waals surface area contributed by atoms with Crippen LogP contribution in [0.5, 0.6) is 0 Å². The molecule has 118 valence electrons. The van der Waals surface area contributed by atoms with Crippen LogP contribution in [0, 0.1) is 12.8 Å². The van der Waals surface area contributed by atoms with Gasteiger partial charge in [0.05, 0.1) is 5.92 Å². The highest BCUT2D eigenvalue weighted by Gasteiger charge is 2.38. The minimum Gasteiger partial charge on any atom is -0.371 e. The molecule has 1 aromatic heterocycles. The molecule has 1 saturated heterocycles. The van der Waals surface area contributed by atoms with Crippen molar-refractivity contribution >= 4 is 17.3 Å². The predicted molar refractivity (Wildman–Crippen MR) is 91.7 cm³/mol. The fourth-order valence-corrected chi connectivity index (χ4v) is 4.00. The molecule has 2 aromatic rings. The molecular weight excluding hydrogens is 286 g/mol. The molecule has 4 heteroatoms. The van der Waals surface area contributed by atoms with Gasteiger partial charge in [0.1, 0.15) is 0 Å². The highest BCUT2D eigenvalue weighted by molar-refractivity contribution is 6.03. The van der Waals surface area contributed by atoms with Crippen LogP contribution in [0.25, 0.3) is 0 Å². The van der Waals surface area contributed by atoms with E-state index in [2.05, 4.69) is 34.3 Å². The van der Waals surface area contributed by atoms with Gasteiger partial charge in [0.2, 0.25) is 5.91 Å². The summed E-state index contributed by atoms with van der Waals surface area (Å²) in [5, 5.41) is 3.04. The Morgan fingerprint density at radius 3 is 2.74 bits per heavy atom. The maximum absolute atomic E-state index is 12.4. The van der Waals surface area contributed by atoms with Crippen molar-refractivity contribution in [2.45, 2.75) is 25.7 Å². The zero-order valence-electron chi connectivity index (χ0n) is 13.3. The number of anilines is 2. The first-order chi connectivity index (χ1) is 11.2. The van der Waals surface area contributed by atoms with Crippen molar-refractivity contribution in [1.82, 2.24) is 4.98 Å². The van der Waals surface area contributed by atoms with Crippen molar-refractivity contribution in [2.75, 3.05) is 23.3 Å². The number of aromatic nitrogens is 1. The Morgan fingerprint density at radius 2 is 1.96 bits per heavy atom. The Hall–Kier alpha value is -2.36. The lowest BCUT2D eigenvalue weighted by Gasteiger charge is -2.36. The van der Waals surface area contributed by atoms with Crippen molar-refractivity contribution in [3.05, 3.63) is 53.9 Å². The van der Waals surface area contributed by atoms with Gasteiger partial charge in [-0.3, -0.25) is 9.78 Å². The Balaban J connectivity index is 1.50. The van der Waals surface area contributed by atoms with Crippen LogP contribution >= 0.6 is 0 Å². The number of hydrogen-bond acceptors (Lipinski definition) is 3. The van der Waals surface area contributed by atoms with E-state index in [1.54, 1.807) is 0 Å². The molecule has 1 amide bonds. The number of carbonyl (C=O) groups excluding carboxylic acids is 1. The molecular formula is C19H21N3O. The second-order valence-electron chi connectivity index (χ2n) is 6.54. The van der Waals surface area contributed by atoms with Crippen LogP contribution < -0.4 is 10.2 Å². The van der Waals surface area contributed by atoms with E-state index in [4.69, 9.17) is 0 Å². The molecule has 1 N–H and O–H groups in total. The van der Waals surface area contributed by atoms with E-state index in [-0.39, 0.29) is 11.8 Å². The highest BCUT2D eigenvalue weighted by atomic mass is 16.2. The van der Waals surface area contributed by atoms with E-state index in [1.807, 2.05) is 30.6 Å². The molecule has 4 rings (SSSR count). The number of rotatable bonds is 2. The molecule has 23 heavy (non-hydrogen) atoms. The molecule has 4 nitrogen and oxygen atoms in total. The van der Waals surface area contributed by atoms with Crippen molar-refractivity contribution in [2.24, 2.45) is 5.92 Å². The summed E-state index contributed by atoms with van der Waals surface area (Å²) in [6.45, 7) is 4.11. The van der Waals surface area contributed by atoms with Crippen LogP contribution in [0.15, 0.2) is 42.7 Å². The van der Waals surface area contributed by atoms with Gasteiger partial charge in [-0.25, -0.2) is 0 Å². The minimum atomic E-state index is 0.0203. The van der Waals surface area contributed by atoms with Gasteiger partial charge >= 0.3 is 0 Å². The maximum atomic E-state index is 12.4. The van der Waals surface area contributed by atoms with Gasteiger partial charge in [0, 0.05) is 36.9 Å². The normalized spacial score (nSPS) is 21.2. The second-order valence-corrected chi connectivity index (χ2v) is 6.54. The lowest BCUT2D eigenvalue weighted by molar-refractivity contribution is -0.118. The van der Waals surface area contributed by atoms with Crippen LogP contribution in [0.2, 0.25) is 0 Å². The molecule has 1 unspecified atom stereocenters. The third kappa shape index (κ3) is 2.48. The molecule has 2 aliphatic rings. The molecule has 0 bridgehead atoms. The number of amides is 1. The van der Waals surface area contributed by atoms with Gasteiger partial charge in [-0.05, 0) is 48.9 Å². The van der Waals surface area contributed by atoms with Gasteiger partial charge < -0.3 is 10.2 Å². The number of carbonyl (C=O) groups is 1. The van der Waals surface area contributed by atoms with E-state index < -0.39 is 0 Å². The summed E-state index contributed by atoms with van der Waals surface area (Å²) in [5.41, 5.74) is 4.66. The number of nitrogens with one attached hydrogen (secondary N) is 1. The molecule has 0 aliphatic carbocycles. The predicted octanol–water partition coefficient (Wildman–Crippen LogP) is 3.34. The number of pyridine rings is 1. The van der Waals surface area contributed by atoms with Crippen LogP contribution in [0.1, 0.15) is 29.9 Å². The molecule has 1 atom stereocenters. The minimum absolute atomic E-state index is 0.0203. The van der Waals surface area contributed by atoms with Crippen molar-refractivity contribution in [3.63, 3.8) is 0 Å². The van der Waals surface area contributed by atoms with E-state index in [0.717, 1.165) is 31.6 Å². The largest absolute Gasteiger partial charge is 0.371 e. The quantitative estimate of drug-likeness (QED) is 0.925. The summed E-state index contributed by atoms with van der Waals surface area (Å²) < 4.78 is 0. The summed E-state index contributed by atoms with van der Waals surface area (Å²) in [4.78, 5) is 19.0. The van der Waals surface area contributed by atoms with Crippen LogP contribution in [-0.2, 0) is 4.79 Å². The fraction of sp³-hybridized carbons (Fsp3) is 0.368. The van der Waals surface area contributed by atoms with Gasteiger partial charge in [0.15, 0.2) is 0 Å². The summed E-state index contributed by atoms with van der Waals surface area (Å²) in [7, 11) is 0. The average Bonchev–Trinajstić information content (AvgIpc) is 2.91. The number of aryl methyl sites for hydroxylation is 1. The maximum Gasteiger partial charge on any atom is 0.232 e. The third-order valence-corrected chi connectivity index (χ3v) is 5.18. The Labute approximate surface area is 136 Å². The van der Waals surface area contributed by atoms with Crippen LogP contribution in [0.4, 0.5) is 11.4 Å². The van der Waals surface area contributed by atoms with Gasteiger partial charge in [-0.1, -0.05) is 18.2 Å². The average molecular weight is 307 g/mol. The number of hydrogen-bond donors (Lipinski definition) is 1. The Kier molecular flexibility index (Phi) is 3.52.